The molecular formula is C33H47N3O7. The standard InChI is InChI=1S/C33H47N3O7/c1-9-10-12-17-25-33(6,7)32(41)35-27(21(2)3)31(40)43-28(22(4)5)30(39)36(8)24(20-23-15-13-11-14-16-23)29(38)34-19-18-26(37)42-25/h1,11,13-16,21-22,24-25,27-28H,10,12,17-20H2,2-8H3,(H,34,38)(H,35,41)/t24-,25+,27?,28?/m1/s1. The quantitative estimate of drug-likeness (QED) is 0.281. The normalized spacial score (nSPS) is 24.5. The predicted molar refractivity (Wildman–Crippen MR) is 162 cm³/mol. The summed E-state index contributed by atoms with van der Waals surface area (Å²) in [6.07, 6.45) is 4.71. The molecule has 0 aliphatic carbocycles. The van der Waals surface area contributed by atoms with Crippen molar-refractivity contribution in [3.05, 3.63) is 35.9 Å². The third kappa shape index (κ3) is 9.84. The smallest absolute Gasteiger partial charge is 0.329 e. The molecule has 2 rings (SSSR count). The lowest BCUT2D eigenvalue weighted by Crippen LogP contribution is -2.56. The van der Waals surface area contributed by atoms with Crippen LogP contribution in [0, 0.1) is 29.6 Å². The van der Waals surface area contributed by atoms with Gasteiger partial charge in [-0.25, -0.2) is 4.79 Å². The van der Waals surface area contributed by atoms with Gasteiger partial charge in [-0.15, -0.1) is 12.3 Å². The summed E-state index contributed by atoms with van der Waals surface area (Å²) in [5, 5.41) is 5.54. The number of amides is 3. The third-order valence-electron chi connectivity index (χ3n) is 7.77. The Hall–Kier alpha value is -3.87. The summed E-state index contributed by atoms with van der Waals surface area (Å²) >= 11 is 0. The molecule has 1 aromatic carbocycles. The third-order valence-corrected chi connectivity index (χ3v) is 7.77. The van der Waals surface area contributed by atoms with E-state index in [0.29, 0.717) is 19.3 Å². The highest BCUT2D eigenvalue weighted by Gasteiger charge is 2.43. The maximum atomic E-state index is 13.8. The second-order valence-electron chi connectivity index (χ2n) is 12.3. The first-order valence-corrected chi connectivity index (χ1v) is 14.9. The number of esters is 2. The number of hydrogen-bond donors (Lipinski definition) is 2. The molecular weight excluding hydrogens is 550 g/mol. The van der Waals surface area contributed by atoms with Crippen molar-refractivity contribution < 1.29 is 33.4 Å². The Morgan fingerprint density at radius 2 is 1.67 bits per heavy atom. The van der Waals surface area contributed by atoms with Crippen molar-refractivity contribution in [2.45, 2.75) is 97.9 Å². The lowest BCUT2D eigenvalue weighted by atomic mass is 9.82. The van der Waals surface area contributed by atoms with Crippen LogP contribution in [0.4, 0.5) is 0 Å². The lowest BCUT2D eigenvalue weighted by Gasteiger charge is -2.35. The highest BCUT2D eigenvalue weighted by Crippen LogP contribution is 2.29. The van der Waals surface area contributed by atoms with E-state index < -0.39 is 65.3 Å². The first-order valence-electron chi connectivity index (χ1n) is 14.9. The van der Waals surface area contributed by atoms with Crippen LogP contribution in [0.25, 0.3) is 0 Å². The molecule has 0 spiro atoms. The highest BCUT2D eigenvalue weighted by atomic mass is 16.6. The van der Waals surface area contributed by atoms with E-state index in [1.165, 1.54) is 11.9 Å². The first-order chi connectivity index (χ1) is 20.2. The van der Waals surface area contributed by atoms with Crippen LogP contribution in [0.3, 0.4) is 0 Å². The Balaban J connectivity index is 2.52. The summed E-state index contributed by atoms with van der Waals surface area (Å²) in [6, 6.07) is 7.20. The van der Waals surface area contributed by atoms with Crippen LogP contribution in [0.5, 0.6) is 0 Å². The second kappa shape index (κ2) is 16.1. The average molecular weight is 598 g/mol. The molecule has 1 heterocycles. The molecule has 2 N–H and O–H groups in total. The summed E-state index contributed by atoms with van der Waals surface area (Å²) in [7, 11) is 1.49. The summed E-state index contributed by atoms with van der Waals surface area (Å²) in [5.74, 6) is -1.14. The Morgan fingerprint density at radius 1 is 1.02 bits per heavy atom. The fraction of sp³-hybridized carbons (Fsp3) is 0.606. The monoisotopic (exact) mass is 597 g/mol. The molecule has 3 amide bonds. The Morgan fingerprint density at radius 3 is 2.26 bits per heavy atom. The van der Waals surface area contributed by atoms with E-state index in [1.54, 1.807) is 41.5 Å². The maximum absolute atomic E-state index is 13.8. The maximum Gasteiger partial charge on any atom is 0.329 e. The van der Waals surface area contributed by atoms with Gasteiger partial charge in [0.1, 0.15) is 18.2 Å². The minimum atomic E-state index is -1.23. The van der Waals surface area contributed by atoms with Crippen molar-refractivity contribution in [1.82, 2.24) is 15.5 Å². The van der Waals surface area contributed by atoms with E-state index in [-0.39, 0.29) is 25.3 Å². The number of unbranched alkanes of at least 4 members (excludes halogenated alkanes) is 1. The summed E-state index contributed by atoms with van der Waals surface area (Å²) in [4.78, 5) is 68.6. The van der Waals surface area contributed by atoms with Gasteiger partial charge in [0.15, 0.2) is 6.10 Å². The molecule has 0 saturated carbocycles. The van der Waals surface area contributed by atoms with Gasteiger partial charge in [0.2, 0.25) is 11.8 Å². The molecule has 10 heteroatoms. The molecule has 1 fully saturated rings. The van der Waals surface area contributed by atoms with Crippen LogP contribution in [0.1, 0.15) is 72.8 Å². The molecule has 1 aromatic rings. The lowest BCUT2D eigenvalue weighted by molar-refractivity contribution is -0.168. The molecule has 2 unspecified atom stereocenters. The number of hydrogen-bond acceptors (Lipinski definition) is 7. The van der Waals surface area contributed by atoms with Gasteiger partial charge >= 0.3 is 11.9 Å². The summed E-state index contributed by atoms with van der Waals surface area (Å²) < 4.78 is 11.6. The highest BCUT2D eigenvalue weighted by molar-refractivity contribution is 5.92. The van der Waals surface area contributed by atoms with Crippen molar-refractivity contribution in [1.29, 1.82) is 0 Å². The number of nitrogens with one attached hydrogen (secondary N) is 2. The molecule has 4 atom stereocenters. The van der Waals surface area contributed by atoms with Crippen molar-refractivity contribution >= 4 is 29.7 Å². The van der Waals surface area contributed by atoms with Crippen LogP contribution >= 0.6 is 0 Å². The molecule has 236 valence electrons. The number of terminal acetylenes is 1. The van der Waals surface area contributed by atoms with Gasteiger partial charge in [0.05, 0.1) is 11.8 Å². The van der Waals surface area contributed by atoms with E-state index in [0.717, 1.165) is 5.56 Å². The fourth-order valence-corrected chi connectivity index (χ4v) is 4.82. The van der Waals surface area contributed by atoms with Gasteiger partial charge in [-0.1, -0.05) is 58.0 Å². The average Bonchev–Trinajstić information content (AvgIpc) is 2.95. The number of ether oxygens (including phenoxy) is 2. The molecule has 0 aromatic heterocycles. The zero-order valence-corrected chi connectivity index (χ0v) is 26.5. The molecule has 1 saturated heterocycles. The van der Waals surface area contributed by atoms with Crippen molar-refractivity contribution in [2.24, 2.45) is 17.3 Å². The Kier molecular flexibility index (Phi) is 13.2. The second-order valence-corrected chi connectivity index (χ2v) is 12.3. The number of benzene rings is 1. The van der Waals surface area contributed by atoms with Gasteiger partial charge in [0, 0.05) is 26.4 Å². The van der Waals surface area contributed by atoms with Crippen LogP contribution in [-0.2, 0) is 39.9 Å². The van der Waals surface area contributed by atoms with Crippen molar-refractivity contribution in [2.75, 3.05) is 13.6 Å². The van der Waals surface area contributed by atoms with Crippen molar-refractivity contribution in [3.63, 3.8) is 0 Å². The number of likely N-dealkylation sites (N-methyl/N-ethyl adjacent to an activating group) is 1. The van der Waals surface area contributed by atoms with Gasteiger partial charge < -0.3 is 25.0 Å². The Bertz CT molecular complexity index is 1170. The fourth-order valence-electron chi connectivity index (χ4n) is 4.82. The molecule has 0 bridgehead atoms. The van der Waals surface area contributed by atoms with E-state index in [2.05, 4.69) is 16.6 Å². The van der Waals surface area contributed by atoms with Crippen LogP contribution in [0.15, 0.2) is 30.3 Å². The molecule has 43 heavy (non-hydrogen) atoms. The summed E-state index contributed by atoms with van der Waals surface area (Å²) in [5.41, 5.74) is -0.409. The predicted octanol–water partition coefficient (Wildman–Crippen LogP) is 3.03. The zero-order valence-electron chi connectivity index (χ0n) is 26.5. The van der Waals surface area contributed by atoms with Crippen LogP contribution in [0.2, 0.25) is 0 Å². The van der Waals surface area contributed by atoms with Crippen LogP contribution in [-0.4, -0.2) is 72.4 Å². The number of cyclic esters (lactones) is 2. The van der Waals surface area contributed by atoms with Gasteiger partial charge in [-0.05, 0) is 44.1 Å². The molecule has 10 nitrogen and oxygen atoms in total. The van der Waals surface area contributed by atoms with E-state index in [9.17, 15) is 24.0 Å². The van der Waals surface area contributed by atoms with Gasteiger partial charge in [-0.3, -0.25) is 19.2 Å². The number of carbonyl (C=O) groups is 5. The van der Waals surface area contributed by atoms with Gasteiger partial charge in [-0.2, -0.15) is 0 Å². The minimum absolute atomic E-state index is 0.0350. The van der Waals surface area contributed by atoms with Crippen molar-refractivity contribution in [3.8, 4) is 12.3 Å². The van der Waals surface area contributed by atoms with E-state index in [4.69, 9.17) is 15.9 Å². The summed E-state index contributed by atoms with van der Waals surface area (Å²) in [6.45, 7) is 10.2. The minimum Gasteiger partial charge on any atom is -0.461 e. The van der Waals surface area contributed by atoms with E-state index in [1.807, 2.05) is 30.3 Å². The molecule has 1 aliphatic rings. The van der Waals surface area contributed by atoms with E-state index >= 15 is 0 Å². The molecule has 1 aliphatic heterocycles. The zero-order chi connectivity index (χ0) is 32.3. The molecule has 0 radical (unpaired) electrons. The Labute approximate surface area is 255 Å². The van der Waals surface area contributed by atoms with Crippen LogP contribution < -0.4 is 10.6 Å². The first kappa shape index (κ1) is 35.3. The SMILES string of the molecule is C#CCCC[C@@H]1OC(=O)CCNC(=O)[C@@H](Cc2ccccc2)N(C)C(=O)C(C(C)C)OC(=O)C(C(C)C)NC(=O)C1(C)C. The number of carbonyl (C=O) groups excluding carboxylic acids is 5. The topological polar surface area (TPSA) is 131 Å². The number of nitrogens with zero attached hydrogens (tertiary/aromatic N) is 1. The largest absolute Gasteiger partial charge is 0.461 e. The number of rotatable bonds is 7. The van der Waals surface area contributed by atoms with Gasteiger partial charge in [0.25, 0.3) is 5.91 Å².